The topological polar surface area (TPSA) is 132 Å². The number of nitrogen functional groups attached to an aromatic ring is 1. The number of carbonyl (C=O) groups is 3. The Labute approximate surface area is 201 Å². The first-order chi connectivity index (χ1) is 16.8. The molecule has 0 unspecified atom stereocenters. The molecule has 1 saturated heterocycles. The Bertz CT molecular complexity index is 1450. The molecule has 3 aromatic rings. The zero-order chi connectivity index (χ0) is 24.7. The van der Waals surface area contributed by atoms with Crippen LogP contribution in [0, 0.1) is 11.8 Å². The average molecular weight is 473 g/mol. The molecular formula is C25H24N6O4. The summed E-state index contributed by atoms with van der Waals surface area (Å²) in [7, 11) is 1.53. The van der Waals surface area contributed by atoms with Crippen molar-refractivity contribution < 1.29 is 19.1 Å². The van der Waals surface area contributed by atoms with Crippen LogP contribution < -0.4 is 21.1 Å². The van der Waals surface area contributed by atoms with Gasteiger partial charge in [-0.1, -0.05) is 24.8 Å². The van der Waals surface area contributed by atoms with Crippen molar-refractivity contribution in [3.8, 4) is 17.6 Å². The number of aromatic nitrogens is 2. The number of nitrogens with two attached hydrogens (primary N) is 1. The van der Waals surface area contributed by atoms with Crippen LogP contribution in [0.2, 0.25) is 0 Å². The number of anilines is 1. The van der Waals surface area contributed by atoms with E-state index in [-0.39, 0.29) is 12.5 Å². The normalized spacial score (nSPS) is 18.8. The van der Waals surface area contributed by atoms with Gasteiger partial charge in [0.25, 0.3) is 11.8 Å². The molecule has 35 heavy (non-hydrogen) atoms. The Morgan fingerprint density at radius 1 is 1.20 bits per heavy atom. The van der Waals surface area contributed by atoms with Crippen LogP contribution in [0.5, 0.6) is 5.75 Å². The second-order valence-electron chi connectivity index (χ2n) is 8.59. The quantitative estimate of drug-likeness (QED) is 0.382. The van der Waals surface area contributed by atoms with Crippen molar-refractivity contribution in [3.63, 3.8) is 0 Å². The molecule has 10 heteroatoms. The number of imide groups is 1. The molecule has 10 nitrogen and oxygen atoms in total. The SMILES string of the molecule is CCCn1nc(N)c2cc(C#C[C@]3(CN4Cc5ccc(OC)cc5C4=O)NC(=O)NC3=O)ccc21. The van der Waals surface area contributed by atoms with E-state index in [1.165, 1.54) is 12.0 Å². The van der Waals surface area contributed by atoms with Gasteiger partial charge in [-0.2, -0.15) is 5.10 Å². The van der Waals surface area contributed by atoms with Crippen molar-refractivity contribution in [2.24, 2.45) is 0 Å². The summed E-state index contributed by atoms with van der Waals surface area (Å²) in [5.41, 5.74) is 7.32. The van der Waals surface area contributed by atoms with Gasteiger partial charge < -0.3 is 20.7 Å². The molecule has 5 rings (SSSR count). The minimum absolute atomic E-state index is 0.105. The third kappa shape index (κ3) is 3.81. The number of carbonyl (C=O) groups excluding carboxylic acids is 3. The van der Waals surface area contributed by atoms with Gasteiger partial charge >= 0.3 is 6.03 Å². The van der Waals surface area contributed by atoms with Gasteiger partial charge in [-0.25, -0.2) is 4.79 Å². The number of hydrogen-bond acceptors (Lipinski definition) is 6. The number of rotatable bonds is 5. The maximum absolute atomic E-state index is 13.1. The van der Waals surface area contributed by atoms with E-state index in [1.54, 1.807) is 12.1 Å². The lowest BCUT2D eigenvalue weighted by Crippen LogP contribution is -2.54. The number of hydrogen-bond donors (Lipinski definition) is 3. The molecule has 1 atom stereocenters. The number of fused-ring (bicyclic) bond motifs is 2. The number of nitrogens with one attached hydrogen (secondary N) is 2. The zero-order valence-electron chi connectivity index (χ0n) is 19.3. The van der Waals surface area contributed by atoms with E-state index in [4.69, 9.17) is 10.5 Å². The molecule has 4 N–H and O–H groups in total. The van der Waals surface area contributed by atoms with Gasteiger partial charge in [0.05, 0.1) is 19.2 Å². The summed E-state index contributed by atoms with van der Waals surface area (Å²) in [6, 6.07) is 10.1. The lowest BCUT2D eigenvalue weighted by atomic mass is 9.99. The van der Waals surface area contributed by atoms with Crippen LogP contribution in [0.1, 0.15) is 34.8 Å². The van der Waals surface area contributed by atoms with Crippen molar-refractivity contribution in [3.05, 3.63) is 53.1 Å². The Morgan fingerprint density at radius 2 is 2.03 bits per heavy atom. The molecule has 0 radical (unpaired) electrons. The second-order valence-corrected chi connectivity index (χ2v) is 8.59. The molecule has 0 saturated carbocycles. The molecule has 0 aliphatic carbocycles. The summed E-state index contributed by atoms with van der Waals surface area (Å²) in [6.45, 7) is 2.99. The summed E-state index contributed by atoms with van der Waals surface area (Å²) >= 11 is 0. The molecule has 3 heterocycles. The fraction of sp³-hybridized carbons (Fsp3) is 0.280. The highest BCUT2D eigenvalue weighted by molar-refractivity contribution is 6.10. The fourth-order valence-electron chi connectivity index (χ4n) is 4.45. The third-order valence-electron chi connectivity index (χ3n) is 6.20. The molecule has 1 aromatic heterocycles. The first-order valence-corrected chi connectivity index (χ1v) is 11.2. The van der Waals surface area contributed by atoms with Gasteiger partial charge in [-0.3, -0.25) is 19.6 Å². The lowest BCUT2D eigenvalue weighted by molar-refractivity contribution is -0.122. The van der Waals surface area contributed by atoms with Gasteiger partial charge in [0.2, 0.25) is 5.54 Å². The molecule has 2 aromatic carbocycles. The summed E-state index contributed by atoms with van der Waals surface area (Å²) < 4.78 is 7.07. The van der Waals surface area contributed by atoms with Crippen LogP contribution in [0.15, 0.2) is 36.4 Å². The van der Waals surface area contributed by atoms with Gasteiger partial charge in [0.1, 0.15) is 5.75 Å². The molecule has 4 amide bonds. The molecule has 178 valence electrons. The molecule has 0 spiro atoms. The maximum Gasteiger partial charge on any atom is 0.323 e. The first-order valence-electron chi connectivity index (χ1n) is 11.2. The first kappa shape index (κ1) is 22.3. The van der Waals surface area contributed by atoms with Crippen LogP contribution in [0.25, 0.3) is 10.9 Å². The Kier molecular flexibility index (Phi) is 5.32. The number of nitrogens with zero attached hydrogens (tertiary/aromatic N) is 3. The highest BCUT2D eigenvalue weighted by atomic mass is 16.5. The van der Waals surface area contributed by atoms with Gasteiger partial charge in [0.15, 0.2) is 5.82 Å². The zero-order valence-corrected chi connectivity index (χ0v) is 19.3. The number of amides is 4. The van der Waals surface area contributed by atoms with Crippen LogP contribution in [-0.4, -0.2) is 51.7 Å². The van der Waals surface area contributed by atoms with Crippen LogP contribution >= 0.6 is 0 Å². The number of methoxy groups -OCH3 is 1. The average Bonchev–Trinajstić information content (AvgIpc) is 3.43. The minimum atomic E-state index is -1.59. The standard InChI is InChI=1S/C25H24N6O4/c1-3-10-31-20-7-4-15(11-19(20)21(26)29-31)8-9-25(23(33)27-24(34)28-25)14-30-13-16-5-6-17(35-2)12-18(16)22(30)32/h4-7,11-12H,3,10,13-14H2,1-2H3,(H2,26,29)(H2,27,28,33,34)/t25-/m1/s1. The van der Waals surface area contributed by atoms with Crippen molar-refractivity contribution in [1.82, 2.24) is 25.3 Å². The molecule has 2 aliphatic heterocycles. The van der Waals surface area contributed by atoms with Crippen LogP contribution in [-0.2, 0) is 17.9 Å². The van der Waals surface area contributed by atoms with Gasteiger partial charge in [-0.05, 0) is 42.3 Å². The third-order valence-corrected chi connectivity index (χ3v) is 6.20. The summed E-state index contributed by atoms with van der Waals surface area (Å²) in [5.74, 6) is 6.02. The number of benzene rings is 2. The molecule has 2 aliphatic rings. The van der Waals surface area contributed by atoms with Gasteiger partial charge in [0, 0.05) is 29.6 Å². The Morgan fingerprint density at radius 3 is 2.74 bits per heavy atom. The van der Waals surface area contributed by atoms with Gasteiger partial charge in [-0.15, -0.1) is 0 Å². The predicted octanol–water partition coefficient (Wildman–Crippen LogP) is 1.62. The smallest absolute Gasteiger partial charge is 0.323 e. The number of urea groups is 1. The monoisotopic (exact) mass is 472 g/mol. The van der Waals surface area contributed by atoms with Crippen LogP contribution in [0.4, 0.5) is 10.6 Å². The van der Waals surface area contributed by atoms with Crippen molar-refractivity contribution in [2.75, 3.05) is 19.4 Å². The largest absolute Gasteiger partial charge is 0.497 e. The predicted molar refractivity (Wildman–Crippen MR) is 128 cm³/mol. The summed E-state index contributed by atoms with van der Waals surface area (Å²) in [4.78, 5) is 39.5. The molecule has 0 bridgehead atoms. The highest BCUT2D eigenvalue weighted by Crippen LogP contribution is 2.29. The maximum atomic E-state index is 13.1. The van der Waals surface area contributed by atoms with E-state index in [9.17, 15) is 14.4 Å². The summed E-state index contributed by atoms with van der Waals surface area (Å²) in [6.07, 6.45) is 0.918. The number of aryl methyl sites for hydroxylation is 1. The fourth-order valence-corrected chi connectivity index (χ4v) is 4.45. The molecular weight excluding hydrogens is 448 g/mol. The summed E-state index contributed by atoms with van der Waals surface area (Å²) in [5, 5.41) is 10.0. The van der Waals surface area contributed by atoms with E-state index >= 15 is 0 Å². The minimum Gasteiger partial charge on any atom is -0.497 e. The lowest BCUT2D eigenvalue weighted by Gasteiger charge is -2.26. The molecule has 1 fully saturated rings. The van der Waals surface area contributed by atoms with Crippen LogP contribution in [0.3, 0.4) is 0 Å². The Hall–Kier alpha value is -4.52. The second kappa shape index (κ2) is 8.36. The van der Waals surface area contributed by atoms with E-state index in [2.05, 4.69) is 34.5 Å². The van der Waals surface area contributed by atoms with E-state index in [0.717, 1.165) is 29.4 Å². The van der Waals surface area contributed by atoms with E-state index in [0.29, 0.717) is 29.2 Å². The highest BCUT2D eigenvalue weighted by Gasteiger charge is 2.48. The van der Waals surface area contributed by atoms with Crippen molar-refractivity contribution >= 4 is 34.6 Å². The number of ether oxygens (including phenoxy) is 1. The van der Waals surface area contributed by atoms with Crippen molar-refractivity contribution in [1.29, 1.82) is 0 Å². The van der Waals surface area contributed by atoms with E-state index < -0.39 is 17.5 Å². The Balaban J connectivity index is 1.47. The van der Waals surface area contributed by atoms with E-state index in [1.807, 2.05) is 28.9 Å². The van der Waals surface area contributed by atoms with Crippen molar-refractivity contribution in [2.45, 2.75) is 32.0 Å².